The van der Waals surface area contributed by atoms with Crippen molar-refractivity contribution in [1.29, 1.82) is 0 Å². The summed E-state index contributed by atoms with van der Waals surface area (Å²) in [6.45, 7) is 4.88. The van der Waals surface area contributed by atoms with Gasteiger partial charge in [-0.05, 0) is 36.8 Å². The highest BCUT2D eigenvalue weighted by atomic mass is 16.2. The molecule has 142 valence electrons. The molecule has 1 atom stereocenters. The number of hydrogen-bond acceptors (Lipinski definition) is 4. The summed E-state index contributed by atoms with van der Waals surface area (Å²) in [5, 5.41) is 5.99. The number of nitrogens with one attached hydrogen (secondary N) is 2. The molecule has 2 N–H and O–H groups in total. The number of carbonyl (C=O) groups is 2. The minimum atomic E-state index is -0.422. The zero-order chi connectivity index (χ0) is 18.4. The van der Waals surface area contributed by atoms with Gasteiger partial charge >= 0.3 is 0 Å². The normalized spacial score (nSPS) is 22.3. The maximum Gasteiger partial charge on any atom is 0.237 e. The lowest BCUT2D eigenvalue weighted by Gasteiger charge is -2.42. The fourth-order valence-corrected chi connectivity index (χ4v) is 4.13. The van der Waals surface area contributed by atoms with E-state index in [1.165, 1.54) is 25.7 Å². The van der Waals surface area contributed by atoms with Gasteiger partial charge in [-0.2, -0.15) is 0 Å². The van der Waals surface area contributed by atoms with Crippen LogP contribution in [-0.4, -0.2) is 47.4 Å². The van der Waals surface area contributed by atoms with Gasteiger partial charge in [-0.3, -0.25) is 19.5 Å². The zero-order valence-electron chi connectivity index (χ0n) is 15.7. The standard InChI is InChI=1S/C20H30N4O2/c1-2-7-20(8-5-9-20)15-23-18(25)13-17-19(26)22-11-12-24(17)14-16-6-3-4-10-21-16/h3-4,6,10,17H,2,5,7-9,11-15H2,1H3,(H,22,26)(H,23,25). The second-order valence-electron chi connectivity index (χ2n) is 7.68. The second-order valence-corrected chi connectivity index (χ2v) is 7.68. The van der Waals surface area contributed by atoms with Gasteiger partial charge in [0.1, 0.15) is 0 Å². The lowest BCUT2D eigenvalue weighted by Crippen LogP contribution is -2.56. The van der Waals surface area contributed by atoms with Gasteiger partial charge in [0.2, 0.25) is 11.8 Å². The number of piperazine rings is 1. The van der Waals surface area contributed by atoms with E-state index in [1.54, 1.807) is 6.20 Å². The van der Waals surface area contributed by atoms with Crippen molar-refractivity contribution in [3.8, 4) is 0 Å². The number of pyridine rings is 1. The molecular weight excluding hydrogens is 328 g/mol. The largest absolute Gasteiger partial charge is 0.355 e. The van der Waals surface area contributed by atoms with E-state index in [-0.39, 0.29) is 18.2 Å². The SMILES string of the molecule is CCCC1(CNC(=O)CC2C(=O)NCCN2Cc2ccccn2)CCC1. The molecule has 2 amide bonds. The quantitative estimate of drug-likeness (QED) is 0.744. The maximum atomic E-state index is 12.5. The molecule has 2 aliphatic rings. The molecule has 6 heteroatoms. The van der Waals surface area contributed by atoms with Crippen molar-refractivity contribution >= 4 is 11.8 Å². The number of hydrogen-bond donors (Lipinski definition) is 2. The Labute approximate surface area is 155 Å². The number of carbonyl (C=O) groups excluding carboxylic acids is 2. The molecule has 2 fully saturated rings. The zero-order valence-corrected chi connectivity index (χ0v) is 15.7. The fourth-order valence-electron chi connectivity index (χ4n) is 4.13. The molecule has 1 saturated carbocycles. The number of rotatable bonds is 8. The average Bonchev–Trinajstić information content (AvgIpc) is 2.61. The molecule has 1 aliphatic heterocycles. The third kappa shape index (κ3) is 4.61. The van der Waals surface area contributed by atoms with E-state index in [9.17, 15) is 9.59 Å². The molecule has 1 aromatic heterocycles. The second kappa shape index (κ2) is 8.62. The Hall–Kier alpha value is -1.95. The predicted octanol–water partition coefficient (Wildman–Crippen LogP) is 1.86. The summed E-state index contributed by atoms with van der Waals surface area (Å²) in [6, 6.07) is 5.35. The highest BCUT2D eigenvalue weighted by Crippen LogP contribution is 2.44. The first kappa shape index (κ1) is 18.8. The van der Waals surface area contributed by atoms with Gasteiger partial charge in [0.15, 0.2) is 0 Å². The van der Waals surface area contributed by atoms with Crippen molar-refractivity contribution in [3.63, 3.8) is 0 Å². The van der Waals surface area contributed by atoms with Gasteiger partial charge in [0, 0.05) is 32.4 Å². The number of aromatic nitrogens is 1. The molecule has 1 aliphatic carbocycles. The summed E-state index contributed by atoms with van der Waals surface area (Å²) in [5.41, 5.74) is 1.22. The summed E-state index contributed by atoms with van der Waals surface area (Å²) in [5.74, 6) is -0.0882. The molecule has 0 radical (unpaired) electrons. The van der Waals surface area contributed by atoms with E-state index in [0.717, 1.165) is 25.2 Å². The van der Waals surface area contributed by atoms with E-state index in [1.807, 2.05) is 18.2 Å². The molecular formula is C20H30N4O2. The van der Waals surface area contributed by atoms with Crippen molar-refractivity contribution in [2.24, 2.45) is 5.41 Å². The smallest absolute Gasteiger partial charge is 0.237 e. The molecule has 0 bridgehead atoms. The van der Waals surface area contributed by atoms with E-state index < -0.39 is 6.04 Å². The van der Waals surface area contributed by atoms with Crippen LogP contribution in [0.3, 0.4) is 0 Å². The van der Waals surface area contributed by atoms with Crippen molar-refractivity contribution in [3.05, 3.63) is 30.1 Å². The van der Waals surface area contributed by atoms with Gasteiger partial charge in [0.25, 0.3) is 0 Å². The van der Waals surface area contributed by atoms with Gasteiger partial charge in [-0.1, -0.05) is 25.8 Å². The van der Waals surface area contributed by atoms with Gasteiger partial charge in [-0.15, -0.1) is 0 Å². The molecule has 1 saturated heterocycles. The van der Waals surface area contributed by atoms with Crippen LogP contribution >= 0.6 is 0 Å². The molecule has 0 aromatic carbocycles. The Morgan fingerprint density at radius 2 is 2.27 bits per heavy atom. The average molecular weight is 358 g/mol. The van der Waals surface area contributed by atoms with Crippen LogP contribution in [0.4, 0.5) is 0 Å². The molecule has 1 unspecified atom stereocenters. The van der Waals surface area contributed by atoms with E-state index >= 15 is 0 Å². The number of amides is 2. The first-order chi connectivity index (χ1) is 12.6. The van der Waals surface area contributed by atoms with Crippen LogP contribution < -0.4 is 10.6 Å². The van der Waals surface area contributed by atoms with E-state index in [2.05, 4.69) is 27.4 Å². The van der Waals surface area contributed by atoms with Crippen molar-refractivity contribution < 1.29 is 9.59 Å². The third-order valence-electron chi connectivity index (χ3n) is 5.77. The lowest BCUT2D eigenvalue weighted by molar-refractivity contribution is -0.134. The van der Waals surface area contributed by atoms with Crippen LogP contribution in [0, 0.1) is 5.41 Å². The summed E-state index contributed by atoms with van der Waals surface area (Å²) in [7, 11) is 0. The molecule has 26 heavy (non-hydrogen) atoms. The minimum Gasteiger partial charge on any atom is -0.355 e. The Bertz CT molecular complexity index is 615. The fraction of sp³-hybridized carbons (Fsp3) is 0.650. The van der Waals surface area contributed by atoms with Crippen molar-refractivity contribution in [2.75, 3.05) is 19.6 Å². The Kier molecular flexibility index (Phi) is 6.25. The Morgan fingerprint density at radius 1 is 1.42 bits per heavy atom. The van der Waals surface area contributed by atoms with Crippen LogP contribution in [0.2, 0.25) is 0 Å². The van der Waals surface area contributed by atoms with Crippen LogP contribution in [0.5, 0.6) is 0 Å². The topological polar surface area (TPSA) is 74.3 Å². The van der Waals surface area contributed by atoms with Crippen molar-refractivity contribution in [2.45, 2.75) is 58.0 Å². The van der Waals surface area contributed by atoms with Crippen LogP contribution in [0.25, 0.3) is 0 Å². The van der Waals surface area contributed by atoms with E-state index in [0.29, 0.717) is 18.5 Å². The van der Waals surface area contributed by atoms with Crippen LogP contribution in [0.15, 0.2) is 24.4 Å². The monoisotopic (exact) mass is 358 g/mol. The number of nitrogens with zero attached hydrogens (tertiary/aromatic N) is 2. The first-order valence-corrected chi connectivity index (χ1v) is 9.80. The minimum absolute atomic E-state index is 0.0274. The molecule has 1 aromatic rings. The van der Waals surface area contributed by atoms with Gasteiger partial charge in [0.05, 0.1) is 18.2 Å². The maximum absolute atomic E-state index is 12.5. The Balaban J connectivity index is 1.56. The van der Waals surface area contributed by atoms with Crippen LogP contribution in [0.1, 0.15) is 51.1 Å². The summed E-state index contributed by atoms with van der Waals surface area (Å²) in [4.78, 5) is 31.3. The third-order valence-corrected chi connectivity index (χ3v) is 5.77. The molecule has 6 nitrogen and oxygen atoms in total. The van der Waals surface area contributed by atoms with Crippen LogP contribution in [-0.2, 0) is 16.1 Å². The lowest BCUT2D eigenvalue weighted by atomic mass is 9.66. The summed E-state index contributed by atoms with van der Waals surface area (Å²) >= 11 is 0. The Morgan fingerprint density at radius 3 is 2.92 bits per heavy atom. The predicted molar refractivity (Wildman–Crippen MR) is 100 cm³/mol. The van der Waals surface area contributed by atoms with Gasteiger partial charge in [-0.25, -0.2) is 0 Å². The molecule has 2 heterocycles. The van der Waals surface area contributed by atoms with E-state index in [4.69, 9.17) is 0 Å². The molecule has 3 rings (SSSR count). The van der Waals surface area contributed by atoms with Crippen molar-refractivity contribution in [1.82, 2.24) is 20.5 Å². The van der Waals surface area contributed by atoms with Gasteiger partial charge < -0.3 is 10.6 Å². The first-order valence-electron chi connectivity index (χ1n) is 9.80. The highest BCUT2D eigenvalue weighted by molar-refractivity contribution is 5.88. The summed E-state index contributed by atoms with van der Waals surface area (Å²) in [6.07, 6.45) is 7.96. The summed E-state index contributed by atoms with van der Waals surface area (Å²) < 4.78 is 0. The molecule has 0 spiro atoms. The highest BCUT2D eigenvalue weighted by Gasteiger charge is 2.37.